The minimum atomic E-state index is -0.517. The summed E-state index contributed by atoms with van der Waals surface area (Å²) in [6.07, 6.45) is 19.8. The molecule has 0 radical (unpaired) electrons. The highest BCUT2D eigenvalue weighted by Crippen LogP contribution is 2.18. The summed E-state index contributed by atoms with van der Waals surface area (Å²) in [5.74, 6) is 1.27. The molecule has 0 atom stereocenters. The highest BCUT2D eigenvalue weighted by molar-refractivity contribution is 6.07. The number of benzene rings is 3. The van der Waals surface area contributed by atoms with Crippen LogP contribution < -0.4 is 14.2 Å². The average Bonchev–Trinajstić information content (AvgIpc) is 3.05. The van der Waals surface area contributed by atoms with E-state index in [0.717, 1.165) is 42.1 Å². The molecule has 5 nitrogen and oxygen atoms in total. The third-order valence-corrected chi connectivity index (χ3v) is 7.22. The van der Waals surface area contributed by atoms with Crippen LogP contribution in [-0.4, -0.2) is 25.0 Å². The number of rotatable bonds is 21. The zero-order chi connectivity index (χ0) is 31.2. The van der Waals surface area contributed by atoms with Gasteiger partial charge in [-0.3, -0.25) is 4.79 Å². The van der Waals surface area contributed by atoms with Gasteiger partial charge in [0.15, 0.2) is 5.78 Å². The predicted molar refractivity (Wildman–Crippen MR) is 180 cm³/mol. The molecule has 44 heavy (non-hydrogen) atoms. The standard InChI is InChI=1S/C39H48O5/c1-3-5-7-9-11-13-30-43-36-25-19-33(20-26-36)22-28-39(41)44-37-16-14-15-34(31-37)38(40)27-21-32-17-23-35(24-18-32)42-29-12-10-8-6-4-2/h14-28,31H,3-13,29-30H2,1-2H3/b27-21+,28-22+. The molecule has 0 N–H and O–H groups in total. The van der Waals surface area contributed by atoms with E-state index in [2.05, 4.69) is 13.8 Å². The zero-order valence-corrected chi connectivity index (χ0v) is 26.5. The van der Waals surface area contributed by atoms with Gasteiger partial charge in [-0.05, 0) is 72.5 Å². The van der Waals surface area contributed by atoms with Gasteiger partial charge in [-0.15, -0.1) is 0 Å². The van der Waals surface area contributed by atoms with E-state index in [1.807, 2.05) is 48.5 Å². The van der Waals surface area contributed by atoms with Gasteiger partial charge in [0, 0.05) is 11.6 Å². The third kappa shape index (κ3) is 13.9. The first-order valence-electron chi connectivity index (χ1n) is 16.3. The summed E-state index contributed by atoms with van der Waals surface area (Å²) in [7, 11) is 0. The number of hydrogen-bond donors (Lipinski definition) is 0. The molecule has 0 aliphatic carbocycles. The molecular weight excluding hydrogens is 548 g/mol. The molecule has 0 aromatic heterocycles. The molecule has 0 heterocycles. The molecule has 0 fully saturated rings. The van der Waals surface area contributed by atoms with Gasteiger partial charge in [-0.1, -0.05) is 114 Å². The summed E-state index contributed by atoms with van der Waals surface area (Å²) < 4.78 is 17.1. The van der Waals surface area contributed by atoms with Crippen molar-refractivity contribution in [1.29, 1.82) is 0 Å². The zero-order valence-electron chi connectivity index (χ0n) is 26.5. The predicted octanol–water partition coefficient (Wildman–Crippen LogP) is 10.3. The first kappa shape index (κ1) is 34.4. The molecule has 0 spiro atoms. The molecule has 0 amide bonds. The van der Waals surface area contributed by atoms with Crippen molar-refractivity contribution in [1.82, 2.24) is 0 Å². The van der Waals surface area contributed by atoms with E-state index in [0.29, 0.717) is 17.9 Å². The molecule has 3 rings (SSSR count). The summed E-state index contributed by atoms with van der Waals surface area (Å²) in [6, 6.07) is 22.0. The molecule has 3 aromatic carbocycles. The Labute approximate surface area is 263 Å². The fraction of sp³-hybridized carbons (Fsp3) is 0.385. The van der Waals surface area contributed by atoms with E-state index in [4.69, 9.17) is 14.2 Å². The average molecular weight is 597 g/mol. The van der Waals surface area contributed by atoms with Crippen molar-refractivity contribution < 1.29 is 23.8 Å². The fourth-order valence-corrected chi connectivity index (χ4v) is 4.61. The number of carbonyl (C=O) groups excluding carboxylic acids is 2. The van der Waals surface area contributed by atoms with Crippen molar-refractivity contribution in [2.24, 2.45) is 0 Å². The maximum absolute atomic E-state index is 12.8. The van der Waals surface area contributed by atoms with Gasteiger partial charge >= 0.3 is 5.97 Å². The van der Waals surface area contributed by atoms with Gasteiger partial charge in [0.1, 0.15) is 17.2 Å². The van der Waals surface area contributed by atoms with E-state index >= 15 is 0 Å². The van der Waals surface area contributed by atoms with Gasteiger partial charge in [0.05, 0.1) is 13.2 Å². The Balaban J connectivity index is 1.41. The molecule has 5 heteroatoms. The van der Waals surface area contributed by atoms with Crippen molar-refractivity contribution in [2.75, 3.05) is 13.2 Å². The van der Waals surface area contributed by atoms with E-state index in [1.54, 1.807) is 36.4 Å². The Kier molecular flexibility index (Phi) is 16.2. The Morgan fingerprint density at radius 3 is 1.61 bits per heavy atom. The number of ether oxygens (including phenoxy) is 3. The van der Waals surface area contributed by atoms with Crippen LogP contribution in [0.25, 0.3) is 12.2 Å². The van der Waals surface area contributed by atoms with Crippen LogP contribution in [0.1, 0.15) is 106 Å². The SMILES string of the molecule is CCCCCCCCOc1ccc(/C=C/C(=O)Oc2cccc(C(=O)/C=C/c3ccc(OCCCCCCC)cc3)c2)cc1. The molecule has 0 bridgehead atoms. The highest BCUT2D eigenvalue weighted by Gasteiger charge is 2.07. The molecule has 0 saturated carbocycles. The summed E-state index contributed by atoms with van der Waals surface area (Å²) in [6.45, 7) is 5.87. The van der Waals surface area contributed by atoms with E-state index in [-0.39, 0.29) is 5.78 Å². The first-order chi connectivity index (χ1) is 21.6. The number of esters is 1. The van der Waals surface area contributed by atoms with Crippen LogP contribution in [0, 0.1) is 0 Å². The molecule has 0 unspecified atom stereocenters. The van der Waals surface area contributed by atoms with Crippen molar-refractivity contribution in [3.8, 4) is 17.2 Å². The minimum Gasteiger partial charge on any atom is -0.494 e. The van der Waals surface area contributed by atoms with Crippen LogP contribution in [0.15, 0.2) is 84.9 Å². The minimum absolute atomic E-state index is 0.176. The monoisotopic (exact) mass is 596 g/mol. The summed E-state index contributed by atoms with van der Waals surface area (Å²) >= 11 is 0. The van der Waals surface area contributed by atoms with Gasteiger partial charge in [-0.25, -0.2) is 4.79 Å². The van der Waals surface area contributed by atoms with Crippen LogP contribution in [0.3, 0.4) is 0 Å². The van der Waals surface area contributed by atoms with Gasteiger partial charge in [0.25, 0.3) is 0 Å². The Morgan fingerprint density at radius 1 is 0.568 bits per heavy atom. The van der Waals surface area contributed by atoms with Crippen LogP contribution in [0.5, 0.6) is 17.2 Å². The molecular formula is C39H48O5. The smallest absolute Gasteiger partial charge is 0.336 e. The Bertz CT molecular complexity index is 1310. The molecule has 0 aliphatic heterocycles. The number of hydrogen-bond acceptors (Lipinski definition) is 5. The number of unbranched alkanes of at least 4 members (excludes halogenated alkanes) is 9. The lowest BCUT2D eigenvalue weighted by Gasteiger charge is -2.06. The molecule has 234 valence electrons. The number of carbonyl (C=O) groups is 2. The van der Waals surface area contributed by atoms with E-state index < -0.39 is 5.97 Å². The second-order valence-corrected chi connectivity index (χ2v) is 11.0. The highest BCUT2D eigenvalue weighted by atomic mass is 16.5. The largest absolute Gasteiger partial charge is 0.494 e. The second-order valence-electron chi connectivity index (χ2n) is 11.0. The topological polar surface area (TPSA) is 61.8 Å². The van der Waals surface area contributed by atoms with Crippen LogP contribution in [-0.2, 0) is 4.79 Å². The number of allylic oxidation sites excluding steroid dienone is 1. The van der Waals surface area contributed by atoms with Crippen molar-refractivity contribution in [3.63, 3.8) is 0 Å². The normalized spacial score (nSPS) is 11.2. The van der Waals surface area contributed by atoms with Crippen molar-refractivity contribution in [3.05, 3.63) is 102 Å². The first-order valence-corrected chi connectivity index (χ1v) is 16.3. The quantitative estimate of drug-likeness (QED) is 0.0402. The second kappa shape index (κ2) is 20.7. The lowest BCUT2D eigenvalue weighted by Crippen LogP contribution is -2.04. The lowest BCUT2D eigenvalue weighted by atomic mass is 10.1. The maximum atomic E-state index is 12.8. The summed E-state index contributed by atoms with van der Waals surface area (Å²) in [5, 5.41) is 0. The van der Waals surface area contributed by atoms with Gasteiger partial charge in [0.2, 0.25) is 0 Å². The van der Waals surface area contributed by atoms with Crippen molar-refractivity contribution >= 4 is 23.9 Å². The van der Waals surface area contributed by atoms with Gasteiger partial charge < -0.3 is 14.2 Å². The fourth-order valence-electron chi connectivity index (χ4n) is 4.61. The van der Waals surface area contributed by atoms with Crippen LogP contribution in [0.4, 0.5) is 0 Å². The van der Waals surface area contributed by atoms with Crippen molar-refractivity contribution in [2.45, 2.75) is 84.5 Å². The maximum Gasteiger partial charge on any atom is 0.336 e. The Morgan fingerprint density at radius 2 is 1.07 bits per heavy atom. The van der Waals surface area contributed by atoms with Crippen LogP contribution >= 0.6 is 0 Å². The number of ketones is 1. The van der Waals surface area contributed by atoms with E-state index in [1.165, 1.54) is 69.9 Å². The van der Waals surface area contributed by atoms with E-state index in [9.17, 15) is 9.59 Å². The molecule has 3 aromatic rings. The summed E-state index contributed by atoms with van der Waals surface area (Å²) in [5.41, 5.74) is 2.21. The Hall–Kier alpha value is -4.12. The molecule has 0 aliphatic rings. The lowest BCUT2D eigenvalue weighted by molar-refractivity contribution is -0.128. The van der Waals surface area contributed by atoms with Crippen LogP contribution in [0.2, 0.25) is 0 Å². The summed E-state index contributed by atoms with van der Waals surface area (Å²) in [4.78, 5) is 25.2. The third-order valence-electron chi connectivity index (χ3n) is 7.22. The molecule has 0 saturated heterocycles. The van der Waals surface area contributed by atoms with Gasteiger partial charge in [-0.2, -0.15) is 0 Å².